The second-order valence-corrected chi connectivity index (χ2v) is 7.51. The van der Waals surface area contributed by atoms with Crippen molar-refractivity contribution in [2.24, 2.45) is 0 Å². The molecule has 0 unspecified atom stereocenters. The Morgan fingerprint density at radius 3 is 2.12 bits per heavy atom. The van der Waals surface area contributed by atoms with Gasteiger partial charge in [0.2, 0.25) is 0 Å². The highest BCUT2D eigenvalue weighted by molar-refractivity contribution is 6.21. The van der Waals surface area contributed by atoms with E-state index in [1.807, 2.05) is 54.6 Å². The summed E-state index contributed by atoms with van der Waals surface area (Å²) >= 11 is 0. The molecule has 4 rings (SSSR count). The van der Waals surface area contributed by atoms with Crippen LogP contribution < -0.4 is 4.74 Å². The molecular formula is C27H23NO5. The lowest BCUT2D eigenvalue weighted by Crippen LogP contribution is -2.31. The second kappa shape index (κ2) is 10.4. The van der Waals surface area contributed by atoms with E-state index in [0.717, 1.165) is 16.9 Å². The zero-order valence-corrected chi connectivity index (χ0v) is 18.0. The number of benzene rings is 3. The molecule has 6 nitrogen and oxygen atoms in total. The van der Waals surface area contributed by atoms with Crippen molar-refractivity contribution in [3.05, 3.63) is 107 Å². The molecule has 0 aliphatic carbocycles. The van der Waals surface area contributed by atoms with Crippen molar-refractivity contribution >= 4 is 23.9 Å². The molecule has 3 aromatic carbocycles. The number of imide groups is 1. The normalized spacial score (nSPS) is 12.8. The maximum Gasteiger partial charge on any atom is 0.330 e. The van der Waals surface area contributed by atoms with Crippen molar-refractivity contribution in [3.63, 3.8) is 0 Å². The van der Waals surface area contributed by atoms with Gasteiger partial charge in [-0.1, -0.05) is 54.6 Å². The van der Waals surface area contributed by atoms with Crippen molar-refractivity contribution in [1.29, 1.82) is 0 Å². The molecule has 0 saturated carbocycles. The molecule has 3 aromatic rings. The molecular weight excluding hydrogens is 418 g/mol. The van der Waals surface area contributed by atoms with E-state index in [1.54, 1.807) is 30.3 Å². The fraction of sp³-hybridized carbons (Fsp3) is 0.148. The minimum absolute atomic E-state index is 0.114. The Bertz CT molecular complexity index is 1130. The topological polar surface area (TPSA) is 72.9 Å². The lowest BCUT2D eigenvalue weighted by molar-refractivity contribution is -0.137. The number of hydrogen-bond donors (Lipinski definition) is 0. The smallest absolute Gasteiger partial charge is 0.330 e. The summed E-state index contributed by atoms with van der Waals surface area (Å²) in [6.45, 7) is 0.805. The number of carbonyl (C=O) groups excluding carboxylic acids is 3. The molecule has 0 spiro atoms. The van der Waals surface area contributed by atoms with Crippen molar-refractivity contribution < 1.29 is 23.9 Å². The van der Waals surface area contributed by atoms with Crippen molar-refractivity contribution in [2.45, 2.75) is 13.0 Å². The summed E-state index contributed by atoms with van der Waals surface area (Å²) in [5, 5.41) is 0. The van der Waals surface area contributed by atoms with Crippen LogP contribution in [0.5, 0.6) is 5.75 Å². The maximum absolute atomic E-state index is 12.3. The highest BCUT2D eigenvalue weighted by Crippen LogP contribution is 2.22. The Kier molecular flexibility index (Phi) is 6.95. The first-order chi connectivity index (χ1) is 16.1. The van der Waals surface area contributed by atoms with E-state index in [4.69, 9.17) is 9.47 Å². The molecule has 1 aliphatic rings. The zero-order chi connectivity index (χ0) is 23.0. The van der Waals surface area contributed by atoms with Gasteiger partial charge in [0.15, 0.2) is 0 Å². The summed E-state index contributed by atoms with van der Waals surface area (Å²) in [6.07, 6.45) is 3.38. The molecule has 1 aliphatic heterocycles. The Balaban J connectivity index is 1.18. The first-order valence-electron chi connectivity index (χ1n) is 10.7. The molecule has 0 bridgehead atoms. The number of ether oxygens (including phenoxy) is 2. The van der Waals surface area contributed by atoms with Crippen LogP contribution in [0.4, 0.5) is 0 Å². The summed E-state index contributed by atoms with van der Waals surface area (Å²) in [5.41, 5.74) is 2.76. The van der Waals surface area contributed by atoms with Gasteiger partial charge >= 0.3 is 5.97 Å². The number of hydrogen-bond acceptors (Lipinski definition) is 5. The fourth-order valence-corrected chi connectivity index (χ4v) is 3.47. The van der Waals surface area contributed by atoms with Crippen LogP contribution in [0, 0.1) is 0 Å². The highest BCUT2D eigenvalue weighted by atomic mass is 16.5. The maximum atomic E-state index is 12.3. The first kappa shape index (κ1) is 22.0. The van der Waals surface area contributed by atoms with E-state index in [1.165, 1.54) is 11.0 Å². The molecule has 0 aromatic heterocycles. The summed E-state index contributed by atoms with van der Waals surface area (Å²) in [6, 6.07) is 24.0. The van der Waals surface area contributed by atoms with Crippen LogP contribution in [0.25, 0.3) is 6.08 Å². The molecule has 0 saturated heterocycles. The first-order valence-corrected chi connectivity index (χ1v) is 10.7. The minimum Gasteiger partial charge on any atom is -0.489 e. The van der Waals surface area contributed by atoms with Gasteiger partial charge in [0.05, 0.1) is 17.7 Å². The summed E-state index contributed by atoms with van der Waals surface area (Å²) < 4.78 is 10.9. The minimum atomic E-state index is -0.484. The third-order valence-corrected chi connectivity index (χ3v) is 5.19. The van der Waals surface area contributed by atoms with Gasteiger partial charge in [-0.25, -0.2) is 4.79 Å². The fourth-order valence-electron chi connectivity index (χ4n) is 3.47. The van der Waals surface area contributed by atoms with Crippen LogP contribution in [0.15, 0.2) is 84.9 Å². The molecule has 6 heteroatoms. The van der Waals surface area contributed by atoms with E-state index >= 15 is 0 Å². The number of amides is 2. The van der Waals surface area contributed by atoms with E-state index < -0.39 is 5.97 Å². The van der Waals surface area contributed by atoms with Crippen molar-refractivity contribution in [3.8, 4) is 5.75 Å². The third-order valence-electron chi connectivity index (χ3n) is 5.19. The van der Waals surface area contributed by atoms with Crippen LogP contribution in [0.3, 0.4) is 0 Å². The van der Waals surface area contributed by atoms with Crippen molar-refractivity contribution in [2.75, 3.05) is 13.2 Å². The van der Waals surface area contributed by atoms with Gasteiger partial charge in [0.1, 0.15) is 12.4 Å². The van der Waals surface area contributed by atoms with Crippen LogP contribution in [0.1, 0.15) is 38.3 Å². The van der Waals surface area contributed by atoms with Gasteiger partial charge in [-0.3, -0.25) is 14.5 Å². The average Bonchev–Trinajstić information content (AvgIpc) is 3.10. The van der Waals surface area contributed by atoms with E-state index in [2.05, 4.69) is 0 Å². The van der Waals surface area contributed by atoms with Gasteiger partial charge in [-0.15, -0.1) is 0 Å². The molecule has 0 radical (unpaired) electrons. The molecule has 1 heterocycles. The molecule has 0 atom stereocenters. The Morgan fingerprint density at radius 2 is 1.45 bits per heavy atom. The standard InChI is InChI=1S/C27H23NO5/c29-25(32-18-6-17-28-26(30)23-9-4-5-10-24(23)27(28)31)16-13-20-11-14-22(15-12-20)33-19-21-7-2-1-3-8-21/h1-5,7-16H,6,17-19H2/b16-13+. The summed E-state index contributed by atoms with van der Waals surface area (Å²) in [5.74, 6) is -0.357. The second-order valence-electron chi connectivity index (χ2n) is 7.51. The number of nitrogens with zero attached hydrogens (tertiary/aromatic N) is 1. The average molecular weight is 441 g/mol. The third kappa shape index (κ3) is 5.54. The van der Waals surface area contributed by atoms with Crippen LogP contribution in [-0.4, -0.2) is 35.8 Å². The Labute approximate surface area is 192 Å². The SMILES string of the molecule is O=C(/C=C/c1ccc(OCc2ccccc2)cc1)OCCCN1C(=O)c2ccccc2C1=O. The van der Waals surface area contributed by atoms with Crippen LogP contribution >= 0.6 is 0 Å². The molecule has 0 N–H and O–H groups in total. The number of carbonyl (C=O) groups is 3. The largest absolute Gasteiger partial charge is 0.489 e. The quantitative estimate of drug-likeness (QED) is 0.211. The van der Waals surface area contributed by atoms with E-state index in [0.29, 0.717) is 24.2 Å². The predicted molar refractivity (Wildman–Crippen MR) is 124 cm³/mol. The molecule has 166 valence electrons. The van der Waals surface area contributed by atoms with Gasteiger partial charge in [-0.05, 0) is 47.9 Å². The molecule has 33 heavy (non-hydrogen) atoms. The lowest BCUT2D eigenvalue weighted by atomic mass is 10.1. The van der Waals surface area contributed by atoms with Gasteiger partial charge in [0.25, 0.3) is 11.8 Å². The van der Waals surface area contributed by atoms with Gasteiger partial charge in [-0.2, -0.15) is 0 Å². The van der Waals surface area contributed by atoms with Crippen LogP contribution in [0.2, 0.25) is 0 Å². The lowest BCUT2D eigenvalue weighted by Gasteiger charge is -2.13. The van der Waals surface area contributed by atoms with Crippen LogP contribution in [-0.2, 0) is 16.1 Å². The van der Waals surface area contributed by atoms with E-state index in [-0.39, 0.29) is 25.0 Å². The Hall–Kier alpha value is -4.19. The number of fused-ring (bicyclic) bond motifs is 1. The Morgan fingerprint density at radius 1 is 0.818 bits per heavy atom. The number of rotatable bonds is 9. The zero-order valence-electron chi connectivity index (χ0n) is 18.0. The van der Waals surface area contributed by atoms with Crippen molar-refractivity contribution in [1.82, 2.24) is 4.90 Å². The molecule has 2 amide bonds. The predicted octanol–water partition coefficient (Wildman–Crippen LogP) is 4.51. The summed E-state index contributed by atoms with van der Waals surface area (Å²) in [7, 11) is 0. The monoisotopic (exact) mass is 441 g/mol. The summed E-state index contributed by atoms with van der Waals surface area (Å²) in [4.78, 5) is 37.8. The number of esters is 1. The molecule has 0 fully saturated rings. The van der Waals surface area contributed by atoms with Gasteiger partial charge in [0, 0.05) is 12.6 Å². The highest BCUT2D eigenvalue weighted by Gasteiger charge is 2.34. The van der Waals surface area contributed by atoms with E-state index in [9.17, 15) is 14.4 Å². The van der Waals surface area contributed by atoms with Gasteiger partial charge < -0.3 is 9.47 Å².